The first-order chi connectivity index (χ1) is 15.2. The van der Waals surface area contributed by atoms with Crippen LogP contribution in [0.1, 0.15) is 65.8 Å². The Kier molecular flexibility index (Phi) is 6.29. The largest absolute Gasteiger partial charge is 0.351 e. The van der Waals surface area contributed by atoms with Crippen LogP contribution in [0.25, 0.3) is 5.69 Å². The van der Waals surface area contributed by atoms with Crippen LogP contribution in [0.3, 0.4) is 0 Å². The van der Waals surface area contributed by atoms with E-state index in [0.717, 1.165) is 19.6 Å². The van der Waals surface area contributed by atoms with Gasteiger partial charge in [0.05, 0.1) is 0 Å². The first-order valence-corrected chi connectivity index (χ1v) is 11.3. The zero-order valence-electron chi connectivity index (χ0n) is 18.7. The van der Waals surface area contributed by atoms with Crippen molar-refractivity contribution in [2.24, 2.45) is 5.41 Å². The van der Waals surface area contributed by atoms with Crippen molar-refractivity contribution in [1.82, 2.24) is 14.8 Å². The van der Waals surface area contributed by atoms with Gasteiger partial charge in [0.15, 0.2) is 5.78 Å². The van der Waals surface area contributed by atoms with Crippen LogP contribution in [-0.2, 0) is 6.42 Å². The van der Waals surface area contributed by atoms with Gasteiger partial charge >= 0.3 is 0 Å². The molecular formula is C25H30FN3O3. The summed E-state index contributed by atoms with van der Waals surface area (Å²) in [5.41, 5.74) is 0.531. The number of benzene rings is 1. The molecule has 0 radical (unpaired) electrons. The van der Waals surface area contributed by atoms with Crippen molar-refractivity contribution in [1.29, 1.82) is 0 Å². The lowest BCUT2D eigenvalue weighted by Gasteiger charge is -2.31. The van der Waals surface area contributed by atoms with Crippen molar-refractivity contribution in [3.05, 3.63) is 63.3 Å². The number of hydrogen-bond acceptors (Lipinski definition) is 4. The van der Waals surface area contributed by atoms with Gasteiger partial charge in [-0.1, -0.05) is 20.3 Å². The van der Waals surface area contributed by atoms with Gasteiger partial charge in [-0.05, 0) is 67.6 Å². The zero-order chi connectivity index (χ0) is 22.9. The molecule has 4 rings (SSSR count). The highest BCUT2D eigenvalue weighted by Crippen LogP contribution is 2.35. The van der Waals surface area contributed by atoms with Crippen molar-refractivity contribution in [3.8, 4) is 5.69 Å². The second-order valence-corrected chi connectivity index (χ2v) is 9.65. The molecule has 0 spiro atoms. The van der Waals surface area contributed by atoms with Crippen molar-refractivity contribution in [2.45, 2.75) is 46.0 Å². The molecule has 1 aliphatic heterocycles. The van der Waals surface area contributed by atoms with Gasteiger partial charge in [0, 0.05) is 37.0 Å². The summed E-state index contributed by atoms with van der Waals surface area (Å²) in [6.07, 6.45) is 5.90. The number of nitrogens with one attached hydrogen (secondary N) is 1. The van der Waals surface area contributed by atoms with Gasteiger partial charge in [-0.2, -0.15) is 0 Å². The molecule has 2 aromatic rings. The maximum atomic E-state index is 13.4. The average Bonchev–Trinajstić information content (AvgIpc) is 2.74. The van der Waals surface area contributed by atoms with E-state index in [9.17, 15) is 18.8 Å². The number of ketones is 1. The fourth-order valence-electron chi connectivity index (χ4n) is 4.77. The molecule has 0 saturated carbocycles. The Balaban J connectivity index is 1.70. The number of carbonyl (C=O) groups excluding carboxylic acids is 2. The summed E-state index contributed by atoms with van der Waals surface area (Å²) < 4.78 is 14.7. The monoisotopic (exact) mass is 439 g/mol. The smallest absolute Gasteiger partial charge is 0.268 e. The predicted octanol–water partition coefficient (Wildman–Crippen LogP) is 3.35. The van der Waals surface area contributed by atoms with Crippen molar-refractivity contribution in [3.63, 3.8) is 0 Å². The lowest BCUT2D eigenvalue weighted by atomic mass is 9.73. The molecule has 32 heavy (non-hydrogen) atoms. The first kappa shape index (κ1) is 22.4. The summed E-state index contributed by atoms with van der Waals surface area (Å²) in [5.74, 6) is -0.965. The normalized spacial score (nSPS) is 18.3. The van der Waals surface area contributed by atoms with Gasteiger partial charge in [0.2, 0.25) is 0 Å². The average molecular weight is 440 g/mol. The minimum absolute atomic E-state index is 0.0200. The molecule has 1 aromatic carbocycles. The summed E-state index contributed by atoms with van der Waals surface area (Å²) in [5, 5.41) is 2.90. The molecule has 1 aliphatic carbocycles. The summed E-state index contributed by atoms with van der Waals surface area (Å²) in [6, 6.07) is 5.45. The SMILES string of the molecule is CC1(C)CC(=O)c2cn(-c3ccc(F)cc3)c(=O)c(C(=O)NCCN3CCCCC3)c2C1. The van der Waals surface area contributed by atoms with E-state index in [4.69, 9.17) is 0 Å². The van der Waals surface area contributed by atoms with Gasteiger partial charge in [-0.3, -0.25) is 19.0 Å². The number of hydrogen-bond donors (Lipinski definition) is 1. The Morgan fingerprint density at radius 1 is 1.06 bits per heavy atom. The van der Waals surface area contributed by atoms with E-state index in [0.29, 0.717) is 36.2 Å². The van der Waals surface area contributed by atoms with E-state index >= 15 is 0 Å². The Bertz CT molecular complexity index is 1080. The second kappa shape index (κ2) is 8.98. The molecule has 1 saturated heterocycles. The maximum absolute atomic E-state index is 13.4. The summed E-state index contributed by atoms with van der Waals surface area (Å²) in [6.45, 7) is 7.16. The number of likely N-dealkylation sites (tertiary alicyclic amines) is 1. The number of fused-ring (bicyclic) bond motifs is 1. The van der Waals surface area contributed by atoms with Crippen LogP contribution >= 0.6 is 0 Å². The molecular weight excluding hydrogens is 409 g/mol. The number of pyridine rings is 1. The lowest BCUT2D eigenvalue weighted by Crippen LogP contribution is -2.41. The summed E-state index contributed by atoms with van der Waals surface area (Å²) in [4.78, 5) is 41.9. The Morgan fingerprint density at radius 3 is 2.44 bits per heavy atom. The molecule has 0 unspecified atom stereocenters. The number of halogens is 1. The topological polar surface area (TPSA) is 71.4 Å². The van der Waals surface area contributed by atoms with Gasteiger partial charge in [0.1, 0.15) is 11.4 Å². The zero-order valence-corrected chi connectivity index (χ0v) is 18.7. The van der Waals surface area contributed by atoms with Crippen LogP contribution < -0.4 is 10.9 Å². The van der Waals surface area contributed by atoms with Crippen LogP contribution in [0.4, 0.5) is 4.39 Å². The molecule has 6 nitrogen and oxygen atoms in total. The quantitative estimate of drug-likeness (QED) is 0.776. The minimum Gasteiger partial charge on any atom is -0.351 e. The standard InChI is InChI=1S/C25H30FN3O3/c1-25(2)14-19-20(21(30)15-25)16-29(18-8-6-17(26)7-9-18)24(32)22(19)23(31)27-10-13-28-11-4-3-5-12-28/h6-9,16H,3-5,10-15H2,1-2H3,(H,27,31). The van der Waals surface area contributed by atoms with Gasteiger partial charge < -0.3 is 10.2 Å². The highest BCUT2D eigenvalue weighted by Gasteiger charge is 2.35. The Morgan fingerprint density at radius 2 is 1.75 bits per heavy atom. The van der Waals surface area contributed by atoms with E-state index in [1.54, 1.807) is 0 Å². The van der Waals surface area contributed by atoms with E-state index < -0.39 is 17.3 Å². The van der Waals surface area contributed by atoms with Crippen LogP contribution in [0.5, 0.6) is 0 Å². The molecule has 0 bridgehead atoms. The minimum atomic E-state index is -0.490. The molecule has 1 aromatic heterocycles. The summed E-state index contributed by atoms with van der Waals surface area (Å²) in [7, 11) is 0. The van der Waals surface area contributed by atoms with E-state index in [1.165, 1.54) is 54.3 Å². The van der Waals surface area contributed by atoms with Crippen LogP contribution in [0, 0.1) is 11.2 Å². The third kappa shape index (κ3) is 4.67. The fourth-order valence-corrected chi connectivity index (χ4v) is 4.77. The van der Waals surface area contributed by atoms with Crippen LogP contribution in [0.2, 0.25) is 0 Å². The van der Waals surface area contributed by atoms with Crippen molar-refractivity contribution >= 4 is 11.7 Å². The fraction of sp³-hybridized carbons (Fsp3) is 0.480. The van der Waals surface area contributed by atoms with Gasteiger partial charge in [-0.25, -0.2) is 4.39 Å². The number of Topliss-reactive ketones (excluding diaryl/α,β-unsaturated/α-hetero) is 1. The van der Waals surface area contributed by atoms with E-state index in [2.05, 4.69) is 10.2 Å². The molecule has 0 atom stereocenters. The van der Waals surface area contributed by atoms with Crippen LogP contribution in [0.15, 0.2) is 35.3 Å². The third-order valence-electron chi connectivity index (χ3n) is 6.41. The number of piperidine rings is 1. The number of carbonyl (C=O) groups is 2. The number of amides is 1. The van der Waals surface area contributed by atoms with Crippen molar-refractivity contribution in [2.75, 3.05) is 26.2 Å². The Hall–Kier alpha value is -2.80. The predicted molar refractivity (Wildman–Crippen MR) is 121 cm³/mol. The maximum Gasteiger partial charge on any atom is 0.268 e. The molecule has 7 heteroatoms. The van der Waals surface area contributed by atoms with E-state index in [-0.39, 0.29) is 16.8 Å². The van der Waals surface area contributed by atoms with Crippen LogP contribution in [-0.4, -0.2) is 47.3 Å². The number of aromatic nitrogens is 1. The number of nitrogens with zero attached hydrogens (tertiary/aromatic N) is 2. The second-order valence-electron chi connectivity index (χ2n) is 9.65. The molecule has 1 N–H and O–H groups in total. The number of rotatable bonds is 5. The summed E-state index contributed by atoms with van der Waals surface area (Å²) >= 11 is 0. The lowest BCUT2D eigenvalue weighted by molar-refractivity contribution is 0.0908. The first-order valence-electron chi connectivity index (χ1n) is 11.3. The molecule has 2 aliphatic rings. The van der Waals surface area contributed by atoms with Crippen molar-refractivity contribution < 1.29 is 14.0 Å². The highest BCUT2D eigenvalue weighted by atomic mass is 19.1. The molecule has 170 valence electrons. The van der Waals surface area contributed by atoms with E-state index in [1.807, 2.05) is 13.8 Å². The molecule has 1 fully saturated rings. The van der Waals surface area contributed by atoms with Gasteiger partial charge in [0.25, 0.3) is 11.5 Å². The third-order valence-corrected chi connectivity index (χ3v) is 6.41. The van der Waals surface area contributed by atoms with Gasteiger partial charge in [-0.15, -0.1) is 0 Å². The molecule has 1 amide bonds. The molecule has 2 heterocycles. The highest BCUT2D eigenvalue weighted by molar-refractivity contribution is 6.04. The Labute approximate surface area is 187 Å².